The molecule has 1 N–H and O–H groups in total. The van der Waals surface area contributed by atoms with E-state index in [9.17, 15) is 18.0 Å². The number of nitrogens with zero attached hydrogens (tertiary/aromatic N) is 2. The van der Waals surface area contributed by atoms with Crippen LogP contribution in [0.25, 0.3) is 0 Å². The zero-order valence-electron chi connectivity index (χ0n) is 22.1. The number of carbonyl (C=O) groups is 2. The van der Waals surface area contributed by atoms with Crippen molar-refractivity contribution in [3.8, 4) is 0 Å². The maximum Gasteiger partial charge on any atom is 0.264 e. The molecule has 0 fully saturated rings. The van der Waals surface area contributed by atoms with Gasteiger partial charge >= 0.3 is 0 Å². The van der Waals surface area contributed by atoms with Gasteiger partial charge in [-0.1, -0.05) is 54.1 Å². The summed E-state index contributed by atoms with van der Waals surface area (Å²) >= 11 is 0. The Kier molecular flexibility index (Phi) is 9.10. The first kappa shape index (κ1) is 27.9. The van der Waals surface area contributed by atoms with E-state index < -0.39 is 28.5 Å². The van der Waals surface area contributed by atoms with Crippen LogP contribution in [0, 0.1) is 20.8 Å². The maximum atomic E-state index is 13.8. The van der Waals surface area contributed by atoms with Crippen LogP contribution in [0.3, 0.4) is 0 Å². The van der Waals surface area contributed by atoms with E-state index >= 15 is 0 Å². The van der Waals surface area contributed by atoms with Crippen LogP contribution in [0.4, 0.5) is 5.69 Å². The molecule has 8 heteroatoms. The first-order valence-corrected chi connectivity index (χ1v) is 13.8. The molecular formula is C29H35N3O4S. The molecule has 3 aromatic rings. The molecule has 37 heavy (non-hydrogen) atoms. The van der Waals surface area contributed by atoms with Crippen molar-refractivity contribution in [3.05, 3.63) is 95.1 Å². The van der Waals surface area contributed by atoms with Gasteiger partial charge in [0.05, 0.1) is 10.6 Å². The number of rotatable bonds is 10. The Morgan fingerprint density at radius 1 is 0.892 bits per heavy atom. The third-order valence-corrected chi connectivity index (χ3v) is 8.13. The summed E-state index contributed by atoms with van der Waals surface area (Å²) < 4.78 is 28.7. The van der Waals surface area contributed by atoms with Crippen LogP contribution >= 0.6 is 0 Å². The van der Waals surface area contributed by atoms with Crippen LogP contribution in [0.1, 0.15) is 36.1 Å². The number of hydrogen-bond donors (Lipinski definition) is 1. The van der Waals surface area contributed by atoms with Crippen LogP contribution in [0.2, 0.25) is 0 Å². The van der Waals surface area contributed by atoms with Gasteiger partial charge in [-0.3, -0.25) is 13.9 Å². The smallest absolute Gasteiger partial charge is 0.264 e. The molecule has 0 aliphatic rings. The van der Waals surface area contributed by atoms with E-state index in [1.807, 2.05) is 58.0 Å². The fourth-order valence-corrected chi connectivity index (χ4v) is 5.47. The minimum absolute atomic E-state index is 0.0861. The van der Waals surface area contributed by atoms with Crippen molar-refractivity contribution >= 4 is 27.5 Å². The normalized spacial score (nSPS) is 12.0. The highest BCUT2D eigenvalue weighted by Gasteiger charge is 2.32. The summed E-state index contributed by atoms with van der Waals surface area (Å²) in [5, 5.41) is 2.77. The van der Waals surface area contributed by atoms with E-state index in [1.54, 1.807) is 37.3 Å². The van der Waals surface area contributed by atoms with Crippen LogP contribution in [-0.4, -0.2) is 44.3 Å². The number of hydrogen-bond acceptors (Lipinski definition) is 4. The highest BCUT2D eigenvalue weighted by atomic mass is 32.2. The molecule has 0 saturated heterocycles. The summed E-state index contributed by atoms with van der Waals surface area (Å²) in [5.74, 6) is -0.773. The number of amides is 2. The second-order valence-electron chi connectivity index (χ2n) is 9.17. The predicted octanol–water partition coefficient (Wildman–Crippen LogP) is 4.36. The topological polar surface area (TPSA) is 86.8 Å². The molecular weight excluding hydrogens is 486 g/mol. The lowest BCUT2D eigenvalue weighted by Gasteiger charge is -2.32. The molecule has 0 bridgehead atoms. The molecule has 0 aliphatic carbocycles. The second-order valence-corrected chi connectivity index (χ2v) is 11.0. The van der Waals surface area contributed by atoms with Gasteiger partial charge in [-0.25, -0.2) is 8.42 Å². The van der Waals surface area contributed by atoms with Crippen molar-refractivity contribution in [2.75, 3.05) is 17.4 Å². The molecule has 0 radical (unpaired) electrons. The minimum atomic E-state index is -4.06. The quantitative estimate of drug-likeness (QED) is 0.430. The number of carbonyl (C=O) groups excluding carboxylic acids is 2. The van der Waals surface area contributed by atoms with Crippen molar-refractivity contribution in [1.29, 1.82) is 0 Å². The van der Waals surface area contributed by atoms with E-state index in [-0.39, 0.29) is 17.3 Å². The third-order valence-electron chi connectivity index (χ3n) is 6.34. The molecule has 3 rings (SSSR count). The first-order chi connectivity index (χ1) is 17.5. The number of nitrogens with one attached hydrogen (secondary N) is 1. The third kappa shape index (κ3) is 6.77. The van der Waals surface area contributed by atoms with E-state index in [0.717, 1.165) is 26.6 Å². The lowest BCUT2D eigenvalue weighted by molar-refractivity contribution is -0.139. The summed E-state index contributed by atoms with van der Waals surface area (Å²) in [6.07, 6.45) is 0. The van der Waals surface area contributed by atoms with Gasteiger partial charge in [-0.2, -0.15) is 0 Å². The number of anilines is 1. The van der Waals surface area contributed by atoms with Crippen LogP contribution < -0.4 is 9.62 Å². The Bertz CT molecular complexity index is 1360. The monoisotopic (exact) mass is 521 g/mol. The van der Waals surface area contributed by atoms with E-state index in [1.165, 1.54) is 17.0 Å². The molecule has 0 saturated carbocycles. The zero-order chi connectivity index (χ0) is 27.2. The van der Waals surface area contributed by atoms with Gasteiger partial charge in [0.15, 0.2) is 0 Å². The fraction of sp³-hybridized carbons (Fsp3) is 0.310. The minimum Gasteiger partial charge on any atom is -0.355 e. The van der Waals surface area contributed by atoms with Gasteiger partial charge in [-0.15, -0.1) is 0 Å². The Morgan fingerprint density at radius 3 is 2.22 bits per heavy atom. The number of sulfonamides is 1. The molecule has 3 aromatic carbocycles. The van der Waals surface area contributed by atoms with Crippen molar-refractivity contribution in [2.24, 2.45) is 0 Å². The van der Waals surface area contributed by atoms with Crippen molar-refractivity contribution in [1.82, 2.24) is 10.2 Å². The van der Waals surface area contributed by atoms with Gasteiger partial charge < -0.3 is 10.2 Å². The first-order valence-electron chi connectivity index (χ1n) is 12.3. The lowest BCUT2D eigenvalue weighted by Crippen LogP contribution is -2.51. The van der Waals surface area contributed by atoms with E-state index in [4.69, 9.17) is 0 Å². The standard InChI is InChI=1S/C29H35N3O4S/c1-6-30-29(34)24(5)31(19-25-12-10-11-21(2)17-25)28(33)20-32(26-16-15-22(3)23(4)18-26)37(35,36)27-13-8-7-9-14-27/h7-18,24H,6,19-20H2,1-5H3,(H,30,34). The molecule has 1 atom stereocenters. The molecule has 196 valence electrons. The van der Waals surface area contributed by atoms with Crippen molar-refractivity contribution in [3.63, 3.8) is 0 Å². The van der Waals surface area contributed by atoms with Crippen LogP contribution in [0.5, 0.6) is 0 Å². The van der Waals surface area contributed by atoms with Gasteiger partial charge in [0, 0.05) is 13.1 Å². The number of benzene rings is 3. The molecule has 7 nitrogen and oxygen atoms in total. The highest BCUT2D eigenvalue weighted by Crippen LogP contribution is 2.26. The Morgan fingerprint density at radius 2 is 1.59 bits per heavy atom. The second kappa shape index (κ2) is 12.1. The summed E-state index contributed by atoms with van der Waals surface area (Å²) in [4.78, 5) is 28.1. The molecule has 1 unspecified atom stereocenters. The summed E-state index contributed by atoms with van der Waals surface area (Å²) in [6, 6.07) is 20.2. The molecule has 0 heterocycles. The van der Waals surface area contributed by atoms with E-state index in [2.05, 4.69) is 5.32 Å². The van der Waals surface area contributed by atoms with Gasteiger partial charge in [0.25, 0.3) is 10.0 Å². The van der Waals surface area contributed by atoms with Crippen molar-refractivity contribution < 1.29 is 18.0 Å². The number of likely N-dealkylation sites (N-methyl/N-ethyl adjacent to an activating group) is 1. The molecule has 2 amide bonds. The Labute approximate surface area is 220 Å². The largest absolute Gasteiger partial charge is 0.355 e. The average molecular weight is 522 g/mol. The van der Waals surface area contributed by atoms with Gasteiger partial charge in [0.2, 0.25) is 11.8 Å². The number of aryl methyl sites for hydroxylation is 3. The maximum absolute atomic E-state index is 13.8. The molecule has 0 spiro atoms. The van der Waals surface area contributed by atoms with E-state index in [0.29, 0.717) is 12.2 Å². The van der Waals surface area contributed by atoms with Crippen molar-refractivity contribution in [2.45, 2.75) is 52.1 Å². The fourth-order valence-electron chi connectivity index (χ4n) is 4.04. The van der Waals surface area contributed by atoms with Crippen LogP contribution in [-0.2, 0) is 26.2 Å². The van der Waals surface area contributed by atoms with Gasteiger partial charge in [0.1, 0.15) is 12.6 Å². The predicted molar refractivity (Wildman–Crippen MR) is 147 cm³/mol. The lowest BCUT2D eigenvalue weighted by atomic mass is 10.1. The molecule has 0 aliphatic heterocycles. The average Bonchev–Trinajstić information content (AvgIpc) is 2.87. The van der Waals surface area contributed by atoms with Gasteiger partial charge in [-0.05, 0) is 75.6 Å². The zero-order valence-corrected chi connectivity index (χ0v) is 22.9. The SMILES string of the molecule is CCNC(=O)C(C)N(Cc1cccc(C)c1)C(=O)CN(c1ccc(C)c(C)c1)S(=O)(=O)c1ccccc1. The molecule has 0 aromatic heterocycles. The summed E-state index contributed by atoms with van der Waals surface area (Å²) in [5.41, 5.74) is 4.19. The highest BCUT2D eigenvalue weighted by molar-refractivity contribution is 7.92. The summed E-state index contributed by atoms with van der Waals surface area (Å²) in [6.45, 7) is 9.41. The Balaban J connectivity index is 2.04. The summed E-state index contributed by atoms with van der Waals surface area (Å²) in [7, 11) is -4.06. The van der Waals surface area contributed by atoms with Crippen LogP contribution in [0.15, 0.2) is 77.7 Å². The Hall–Kier alpha value is -3.65.